The third-order valence-corrected chi connectivity index (χ3v) is 4.63. The van der Waals surface area contributed by atoms with Crippen molar-refractivity contribution in [1.82, 2.24) is 9.88 Å². The zero-order valence-corrected chi connectivity index (χ0v) is 14.4. The van der Waals surface area contributed by atoms with E-state index in [0.717, 1.165) is 15.6 Å². The maximum atomic E-state index is 12.6. The molecule has 5 nitrogen and oxygen atoms in total. The van der Waals surface area contributed by atoms with Crippen LogP contribution in [0.25, 0.3) is 0 Å². The minimum atomic E-state index is -0.0956. The van der Waals surface area contributed by atoms with E-state index in [9.17, 15) is 4.79 Å². The highest BCUT2D eigenvalue weighted by atomic mass is 127. The van der Waals surface area contributed by atoms with Gasteiger partial charge >= 0.3 is 0 Å². The van der Waals surface area contributed by atoms with E-state index < -0.39 is 0 Å². The number of rotatable bonds is 3. The quantitative estimate of drug-likeness (QED) is 0.718. The van der Waals surface area contributed by atoms with Gasteiger partial charge in [-0.2, -0.15) is 5.26 Å². The molecular weight excluding hydrogens is 405 g/mol. The van der Waals surface area contributed by atoms with Crippen molar-refractivity contribution in [3.05, 3.63) is 57.3 Å². The van der Waals surface area contributed by atoms with Crippen LogP contribution in [0.4, 0.5) is 0 Å². The van der Waals surface area contributed by atoms with Crippen LogP contribution in [0.2, 0.25) is 0 Å². The highest BCUT2D eigenvalue weighted by Crippen LogP contribution is 2.21. The lowest BCUT2D eigenvalue weighted by atomic mass is 10.2. The second kappa shape index (κ2) is 6.96. The van der Waals surface area contributed by atoms with Crippen molar-refractivity contribution in [2.24, 2.45) is 0 Å². The summed E-state index contributed by atoms with van der Waals surface area (Å²) in [6, 6.07) is 12.9. The highest BCUT2D eigenvalue weighted by molar-refractivity contribution is 14.1. The molecule has 1 aliphatic rings. The number of likely N-dealkylation sites (tertiary alicyclic amines) is 1. The molecule has 0 aliphatic carbocycles. The topological polar surface area (TPSA) is 66.2 Å². The summed E-state index contributed by atoms with van der Waals surface area (Å²) < 4.78 is 6.75. The normalized spacial score (nSPS) is 16.9. The van der Waals surface area contributed by atoms with Gasteiger partial charge < -0.3 is 9.64 Å². The van der Waals surface area contributed by atoms with E-state index in [-0.39, 0.29) is 12.0 Å². The summed E-state index contributed by atoms with van der Waals surface area (Å²) >= 11 is 2.17. The minimum Gasteiger partial charge on any atom is -0.472 e. The Morgan fingerprint density at radius 1 is 1.39 bits per heavy atom. The van der Waals surface area contributed by atoms with Gasteiger partial charge in [-0.25, -0.2) is 4.98 Å². The number of amides is 1. The molecule has 116 valence electrons. The highest BCUT2D eigenvalue weighted by Gasteiger charge is 2.29. The number of benzene rings is 1. The lowest BCUT2D eigenvalue weighted by molar-refractivity contribution is 0.0770. The number of aromatic nitrogens is 1. The van der Waals surface area contributed by atoms with Crippen LogP contribution in [0.1, 0.15) is 22.3 Å². The summed E-state index contributed by atoms with van der Waals surface area (Å²) in [5, 5.41) is 8.90. The molecule has 1 amide bonds. The first-order chi connectivity index (χ1) is 11.2. The van der Waals surface area contributed by atoms with E-state index in [1.165, 1.54) is 0 Å². The second-order valence-electron chi connectivity index (χ2n) is 5.25. The summed E-state index contributed by atoms with van der Waals surface area (Å²) in [5.41, 5.74) is 1.23. The summed E-state index contributed by atoms with van der Waals surface area (Å²) in [6.07, 6.45) is 2.22. The van der Waals surface area contributed by atoms with E-state index >= 15 is 0 Å². The van der Waals surface area contributed by atoms with Gasteiger partial charge in [0.1, 0.15) is 6.10 Å². The minimum absolute atomic E-state index is 0.0276. The van der Waals surface area contributed by atoms with Gasteiger partial charge in [0.05, 0.1) is 23.7 Å². The molecule has 3 rings (SSSR count). The first-order valence-electron chi connectivity index (χ1n) is 7.24. The second-order valence-corrected chi connectivity index (χ2v) is 6.42. The Balaban J connectivity index is 1.65. The number of hydrogen-bond acceptors (Lipinski definition) is 4. The smallest absolute Gasteiger partial charge is 0.255 e. The van der Waals surface area contributed by atoms with Crippen LogP contribution >= 0.6 is 22.6 Å². The maximum Gasteiger partial charge on any atom is 0.255 e. The van der Waals surface area contributed by atoms with Gasteiger partial charge in [-0.3, -0.25) is 4.79 Å². The average Bonchev–Trinajstić information content (AvgIpc) is 3.03. The lowest BCUT2D eigenvalue weighted by Gasteiger charge is -2.17. The number of nitriles is 1. The number of nitrogens with zero attached hydrogens (tertiary/aromatic N) is 3. The molecule has 23 heavy (non-hydrogen) atoms. The zero-order chi connectivity index (χ0) is 16.2. The first-order valence-corrected chi connectivity index (χ1v) is 8.32. The van der Waals surface area contributed by atoms with Crippen LogP contribution in [0.3, 0.4) is 0 Å². The zero-order valence-electron chi connectivity index (χ0n) is 12.3. The number of carbonyl (C=O) groups is 1. The number of halogens is 1. The molecule has 2 heterocycles. The van der Waals surface area contributed by atoms with Gasteiger partial charge in [-0.15, -0.1) is 0 Å². The van der Waals surface area contributed by atoms with Crippen molar-refractivity contribution in [1.29, 1.82) is 5.26 Å². The monoisotopic (exact) mass is 419 g/mol. The maximum absolute atomic E-state index is 12.6. The van der Waals surface area contributed by atoms with Crippen molar-refractivity contribution < 1.29 is 9.53 Å². The third-order valence-electron chi connectivity index (χ3n) is 3.69. The predicted octanol–water partition coefficient (Wildman–Crippen LogP) is 2.85. The SMILES string of the molecule is N#Cc1ccnc(OC2CCN(C(=O)c3ccccc3I)C2)c1. The number of ether oxygens (including phenoxy) is 1. The Labute approximate surface area is 148 Å². The summed E-state index contributed by atoms with van der Waals surface area (Å²) in [6.45, 7) is 1.19. The van der Waals surface area contributed by atoms with Crippen molar-refractivity contribution in [2.45, 2.75) is 12.5 Å². The number of carbonyl (C=O) groups excluding carboxylic acids is 1. The number of hydrogen-bond donors (Lipinski definition) is 0. The van der Waals surface area contributed by atoms with Crippen molar-refractivity contribution in [3.63, 3.8) is 0 Å². The Morgan fingerprint density at radius 2 is 2.22 bits per heavy atom. The van der Waals surface area contributed by atoms with Crippen molar-refractivity contribution >= 4 is 28.5 Å². The van der Waals surface area contributed by atoms with Crippen molar-refractivity contribution in [2.75, 3.05) is 13.1 Å². The van der Waals surface area contributed by atoms with Crippen molar-refractivity contribution in [3.8, 4) is 11.9 Å². The van der Waals surface area contributed by atoms with Crippen LogP contribution in [0.15, 0.2) is 42.6 Å². The van der Waals surface area contributed by atoms with Crippen LogP contribution in [-0.4, -0.2) is 35.0 Å². The Kier molecular flexibility index (Phi) is 4.76. The molecule has 1 atom stereocenters. The van der Waals surface area contributed by atoms with Crippen LogP contribution in [0, 0.1) is 14.9 Å². The molecule has 1 aliphatic heterocycles. The Hall–Kier alpha value is -2.14. The Bertz CT molecular complexity index is 772. The first kappa shape index (κ1) is 15.7. The molecule has 0 radical (unpaired) electrons. The molecule has 1 aromatic carbocycles. The molecule has 0 bridgehead atoms. The van der Waals surface area contributed by atoms with Gasteiger partial charge in [0.25, 0.3) is 5.91 Å². The summed E-state index contributed by atoms with van der Waals surface area (Å²) in [4.78, 5) is 18.5. The fourth-order valence-corrected chi connectivity index (χ4v) is 3.15. The van der Waals surface area contributed by atoms with E-state index in [1.54, 1.807) is 23.2 Å². The van der Waals surface area contributed by atoms with Crippen LogP contribution in [0.5, 0.6) is 5.88 Å². The average molecular weight is 419 g/mol. The molecule has 0 N–H and O–H groups in total. The van der Waals surface area contributed by atoms with Gasteiger partial charge in [0.2, 0.25) is 5.88 Å². The van der Waals surface area contributed by atoms with Gasteiger partial charge in [0, 0.05) is 28.8 Å². The fraction of sp³-hybridized carbons (Fsp3) is 0.235. The molecular formula is C17H14IN3O2. The summed E-state index contributed by atoms with van der Waals surface area (Å²) in [7, 11) is 0. The molecule has 6 heteroatoms. The van der Waals surface area contributed by atoms with Gasteiger partial charge in [-0.05, 0) is 40.8 Å². The number of pyridine rings is 1. The van der Waals surface area contributed by atoms with Crippen LogP contribution in [-0.2, 0) is 0 Å². The molecule has 1 saturated heterocycles. The standard InChI is InChI=1S/C17H14IN3O2/c18-15-4-2-1-3-14(15)17(22)21-8-6-13(11-21)23-16-9-12(10-19)5-7-20-16/h1-5,7,9,13H,6,8,11H2. The predicted molar refractivity (Wildman–Crippen MR) is 93.0 cm³/mol. The van der Waals surface area contributed by atoms with Crippen LogP contribution < -0.4 is 4.74 Å². The third kappa shape index (κ3) is 3.62. The van der Waals surface area contributed by atoms with E-state index in [2.05, 4.69) is 33.6 Å². The van der Waals surface area contributed by atoms with Gasteiger partial charge in [-0.1, -0.05) is 12.1 Å². The summed E-state index contributed by atoms with van der Waals surface area (Å²) in [5.74, 6) is 0.456. The molecule has 0 spiro atoms. The molecule has 0 saturated carbocycles. The molecule has 1 aromatic heterocycles. The van der Waals surface area contributed by atoms with E-state index in [1.807, 2.05) is 24.3 Å². The Morgan fingerprint density at radius 3 is 3.00 bits per heavy atom. The van der Waals surface area contributed by atoms with E-state index in [0.29, 0.717) is 24.5 Å². The molecule has 2 aromatic rings. The molecule has 1 unspecified atom stereocenters. The van der Waals surface area contributed by atoms with E-state index in [4.69, 9.17) is 10.00 Å². The molecule has 1 fully saturated rings. The largest absolute Gasteiger partial charge is 0.472 e. The fourth-order valence-electron chi connectivity index (χ4n) is 2.53. The van der Waals surface area contributed by atoms with Gasteiger partial charge in [0.15, 0.2) is 0 Å². The lowest BCUT2D eigenvalue weighted by Crippen LogP contribution is -2.31.